The van der Waals surface area contributed by atoms with E-state index in [-0.39, 0.29) is 33.7 Å². The van der Waals surface area contributed by atoms with E-state index >= 15 is 0 Å². The number of amides is 1. The number of nitro benzene ring substituents is 1. The molecular formula is C23H14Cl3N3O4. The van der Waals surface area contributed by atoms with E-state index in [0.29, 0.717) is 21.8 Å². The van der Waals surface area contributed by atoms with Crippen LogP contribution in [0.4, 0.5) is 11.4 Å². The van der Waals surface area contributed by atoms with Crippen molar-refractivity contribution in [2.45, 2.75) is 6.61 Å². The molecule has 0 aromatic heterocycles. The van der Waals surface area contributed by atoms with Crippen LogP contribution in [0.5, 0.6) is 5.75 Å². The Kier molecular flexibility index (Phi) is 7.91. The number of nitriles is 1. The number of benzene rings is 3. The van der Waals surface area contributed by atoms with Gasteiger partial charge in [0.1, 0.15) is 18.2 Å². The smallest absolute Gasteiger partial charge is 0.269 e. The molecule has 0 atom stereocenters. The third-order valence-electron chi connectivity index (χ3n) is 4.32. The summed E-state index contributed by atoms with van der Waals surface area (Å²) < 4.78 is 5.65. The Bertz CT molecular complexity index is 1280. The number of hydrogen-bond donors (Lipinski definition) is 1. The number of para-hydroxylation sites is 1. The van der Waals surface area contributed by atoms with Crippen molar-refractivity contribution in [1.82, 2.24) is 0 Å². The molecule has 1 amide bonds. The maximum Gasteiger partial charge on any atom is 0.269 e. The van der Waals surface area contributed by atoms with Gasteiger partial charge in [-0.3, -0.25) is 14.9 Å². The summed E-state index contributed by atoms with van der Waals surface area (Å²) in [4.78, 5) is 22.9. The molecule has 0 aliphatic rings. The Morgan fingerprint density at radius 3 is 2.39 bits per heavy atom. The summed E-state index contributed by atoms with van der Waals surface area (Å²) >= 11 is 18.6. The first-order valence-electron chi connectivity index (χ1n) is 9.31. The second kappa shape index (κ2) is 10.8. The molecule has 0 bridgehead atoms. The van der Waals surface area contributed by atoms with E-state index in [2.05, 4.69) is 5.32 Å². The molecule has 1 N–H and O–H groups in total. The van der Waals surface area contributed by atoms with Gasteiger partial charge in [0.25, 0.3) is 11.6 Å². The average Bonchev–Trinajstić information content (AvgIpc) is 2.78. The predicted octanol–water partition coefficient (Wildman–Crippen LogP) is 6.68. The van der Waals surface area contributed by atoms with E-state index in [9.17, 15) is 20.2 Å². The topological polar surface area (TPSA) is 105 Å². The molecule has 0 saturated heterocycles. The first-order valence-corrected chi connectivity index (χ1v) is 10.4. The lowest BCUT2D eigenvalue weighted by molar-refractivity contribution is -0.384. The molecular weight excluding hydrogens is 489 g/mol. The van der Waals surface area contributed by atoms with Gasteiger partial charge in [0.15, 0.2) is 5.75 Å². The van der Waals surface area contributed by atoms with E-state index < -0.39 is 10.8 Å². The second-order valence-corrected chi connectivity index (χ2v) is 7.85. The van der Waals surface area contributed by atoms with Gasteiger partial charge < -0.3 is 10.1 Å². The fourth-order valence-electron chi connectivity index (χ4n) is 2.78. The second-order valence-electron chi connectivity index (χ2n) is 6.63. The molecule has 33 heavy (non-hydrogen) atoms. The van der Waals surface area contributed by atoms with Crippen molar-refractivity contribution in [1.29, 1.82) is 5.26 Å². The molecule has 166 valence electrons. The van der Waals surface area contributed by atoms with Gasteiger partial charge in [-0.05, 0) is 41.5 Å². The summed E-state index contributed by atoms with van der Waals surface area (Å²) in [6.45, 7) is -0.00000749. The van der Waals surface area contributed by atoms with Crippen LogP contribution in [0, 0.1) is 21.4 Å². The normalized spacial score (nSPS) is 10.9. The van der Waals surface area contributed by atoms with Crippen molar-refractivity contribution in [3.63, 3.8) is 0 Å². The predicted molar refractivity (Wildman–Crippen MR) is 128 cm³/mol. The summed E-state index contributed by atoms with van der Waals surface area (Å²) in [6.07, 6.45) is 1.33. The van der Waals surface area contributed by atoms with Gasteiger partial charge >= 0.3 is 0 Å². The molecule has 0 aliphatic carbocycles. The minimum absolute atomic E-state index is 0.00000749. The molecule has 0 spiro atoms. The lowest BCUT2D eigenvalue weighted by atomic mass is 10.1. The maximum atomic E-state index is 12.5. The molecule has 3 aromatic carbocycles. The number of non-ortho nitro benzene ring substituents is 1. The molecule has 7 nitrogen and oxygen atoms in total. The minimum Gasteiger partial charge on any atom is -0.486 e. The largest absolute Gasteiger partial charge is 0.486 e. The highest BCUT2D eigenvalue weighted by Gasteiger charge is 2.14. The molecule has 3 aromatic rings. The monoisotopic (exact) mass is 501 g/mol. The van der Waals surface area contributed by atoms with Crippen molar-refractivity contribution >= 4 is 58.2 Å². The lowest BCUT2D eigenvalue weighted by Gasteiger charge is -2.11. The van der Waals surface area contributed by atoms with Gasteiger partial charge in [-0.2, -0.15) is 5.26 Å². The third kappa shape index (κ3) is 6.24. The fourth-order valence-corrected chi connectivity index (χ4v) is 3.58. The molecule has 3 rings (SSSR count). The van der Waals surface area contributed by atoms with Crippen LogP contribution in [0.1, 0.15) is 11.1 Å². The van der Waals surface area contributed by atoms with Crippen LogP contribution >= 0.6 is 34.8 Å². The molecule has 0 fully saturated rings. The Hall–Kier alpha value is -3.57. The molecule has 0 aliphatic heterocycles. The van der Waals surface area contributed by atoms with Crippen LogP contribution < -0.4 is 10.1 Å². The molecule has 10 heteroatoms. The van der Waals surface area contributed by atoms with Gasteiger partial charge in [-0.25, -0.2) is 0 Å². The SMILES string of the molecule is N#C/C(=C\c1cc(Cl)c(OCc2cccc([N+](=O)[O-])c2)c(Cl)c1)C(=O)Nc1ccccc1Cl. The molecule has 0 radical (unpaired) electrons. The number of hydrogen-bond acceptors (Lipinski definition) is 5. The average molecular weight is 503 g/mol. The van der Waals surface area contributed by atoms with E-state index in [0.717, 1.165) is 0 Å². The zero-order valence-corrected chi connectivity index (χ0v) is 19.0. The van der Waals surface area contributed by atoms with Crippen molar-refractivity contribution in [2.75, 3.05) is 5.32 Å². The summed E-state index contributed by atoms with van der Waals surface area (Å²) in [6, 6.07) is 17.4. The number of nitrogens with zero attached hydrogens (tertiary/aromatic N) is 2. The van der Waals surface area contributed by atoms with Gasteiger partial charge in [-0.15, -0.1) is 0 Å². The fraction of sp³-hybridized carbons (Fsp3) is 0.0435. The molecule has 0 saturated carbocycles. The van der Waals surface area contributed by atoms with Crippen LogP contribution in [0.25, 0.3) is 6.08 Å². The maximum absolute atomic E-state index is 12.5. The van der Waals surface area contributed by atoms with E-state index in [1.54, 1.807) is 36.4 Å². The number of carbonyl (C=O) groups is 1. The van der Waals surface area contributed by atoms with Crippen molar-refractivity contribution in [3.05, 3.63) is 103 Å². The van der Waals surface area contributed by atoms with Gasteiger partial charge in [0, 0.05) is 12.1 Å². The number of nitro groups is 1. The minimum atomic E-state index is -0.649. The van der Waals surface area contributed by atoms with Crippen molar-refractivity contribution < 1.29 is 14.5 Å². The highest BCUT2D eigenvalue weighted by atomic mass is 35.5. The summed E-state index contributed by atoms with van der Waals surface area (Å²) in [7, 11) is 0. The van der Waals surface area contributed by atoms with Crippen molar-refractivity contribution in [3.8, 4) is 11.8 Å². The Labute approximate surface area is 203 Å². The highest BCUT2D eigenvalue weighted by molar-refractivity contribution is 6.37. The van der Waals surface area contributed by atoms with Crippen LogP contribution in [0.15, 0.2) is 66.2 Å². The van der Waals surface area contributed by atoms with Crippen LogP contribution in [0.2, 0.25) is 15.1 Å². The number of nitrogens with one attached hydrogen (secondary N) is 1. The van der Waals surface area contributed by atoms with Gasteiger partial charge in [0.2, 0.25) is 0 Å². The van der Waals surface area contributed by atoms with Crippen LogP contribution in [-0.2, 0) is 11.4 Å². The standard InChI is InChI=1S/C23H14Cl3N3O4/c24-18-6-1-2-7-21(18)28-23(30)16(12-27)8-15-10-19(25)22(20(26)11-15)33-13-14-4-3-5-17(9-14)29(31)32/h1-11H,13H2,(H,28,30)/b16-8+. The first kappa shape index (κ1) is 24.1. The Morgan fingerprint density at radius 1 is 1.06 bits per heavy atom. The summed E-state index contributed by atoms with van der Waals surface area (Å²) in [5.41, 5.74) is 1.08. The zero-order chi connectivity index (χ0) is 24.0. The Balaban J connectivity index is 1.78. The van der Waals surface area contributed by atoms with E-state index in [4.69, 9.17) is 39.5 Å². The molecule has 0 heterocycles. The van der Waals surface area contributed by atoms with Crippen molar-refractivity contribution in [2.24, 2.45) is 0 Å². The highest BCUT2D eigenvalue weighted by Crippen LogP contribution is 2.35. The first-order chi connectivity index (χ1) is 15.8. The lowest BCUT2D eigenvalue weighted by Crippen LogP contribution is -2.13. The number of halogens is 3. The van der Waals surface area contributed by atoms with E-state index in [1.165, 1.54) is 30.3 Å². The zero-order valence-electron chi connectivity index (χ0n) is 16.7. The van der Waals surface area contributed by atoms with Crippen LogP contribution in [0.3, 0.4) is 0 Å². The molecule has 0 unspecified atom stereocenters. The number of rotatable bonds is 7. The number of ether oxygens (including phenoxy) is 1. The number of carbonyl (C=O) groups excluding carboxylic acids is 1. The third-order valence-corrected chi connectivity index (χ3v) is 5.21. The van der Waals surface area contributed by atoms with Gasteiger partial charge in [0.05, 0.1) is 25.7 Å². The Morgan fingerprint density at radius 2 is 1.76 bits per heavy atom. The summed E-state index contributed by atoms with van der Waals surface area (Å²) in [5.74, 6) is -0.482. The van der Waals surface area contributed by atoms with Crippen LogP contribution in [-0.4, -0.2) is 10.8 Å². The van der Waals surface area contributed by atoms with E-state index in [1.807, 2.05) is 6.07 Å². The van der Waals surface area contributed by atoms with Gasteiger partial charge in [-0.1, -0.05) is 59.1 Å². The summed E-state index contributed by atoms with van der Waals surface area (Å²) in [5, 5.41) is 23.5. The quantitative estimate of drug-likeness (QED) is 0.168. The number of anilines is 1.